The van der Waals surface area contributed by atoms with E-state index in [1.807, 2.05) is 0 Å². The summed E-state index contributed by atoms with van der Waals surface area (Å²) in [5, 5.41) is 8.52. The van der Waals surface area contributed by atoms with Gasteiger partial charge in [-0.3, -0.25) is 4.99 Å². The third-order valence-corrected chi connectivity index (χ3v) is 3.60. The third-order valence-electron chi connectivity index (χ3n) is 3.60. The number of aliphatic hydroxyl groups excluding tert-OH is 1. The molecule has 0 atom stereocenters. The molecule has 2 heteroatoms. The molecule has 1 N–H and O–H groups in total. The van der Waals surface area contributed by atoms with Gasteiger partial charge in [-0.1, -0.05) is 84.0 Å². The summed E-state index contributed by atoms with van der Waals surface area (Å²) in [6.45, 7) is 3.25. The lowest BCUT2D eigenvalue weighted by Gasteiger charge is -2.02. The minimum atomic E-state index is 0.0818. The first-order chi connectivity index (χ1) is 9.41. The second-order valence-electron chi connectivity index (χ2n) is 5.51. The highest BCUT2D eigenvalue weighted by Gasteiger charge is 1.93. The molecule has 0 aliphatic carbocycles. The molecule has 0 rings (SSSR count). The Hall–Kier alpha value is -0.370. The third kappa shape index (κ3) is 17.6. The monoisotopic (exact) mass is 269 g/mol. The maximum Gasteiger partial charge on any atom is 0.0779 e. The predicted molar refractivity (Wildman–Crippen MR) is 86.1 cm³/mol. The van der Waals surface area contributed by atoms with Gasteiger partial charge in [-0.2, -0.15) is 0 Å². The van der Waals surface area contributed by atoms with Gasteiger partial charge in [-0.05, 0) is 6.42 Å². The number of rotatable bonds is 15. The van der Waals surface area contributed by atoms with Crippen LogP contribution < -0.4 is 0 Å². The Kier molecular flexibility index (Phi) is 17.3. The maximum absolute atomic E-state index is 8.52. The van der Waals surface area contributed by atoms with Crippen molar-refractivity contribution in [1.29, 1.82) is 0 Å². The van der Waals surface area contributed by atoms with Crippen molar-refractivity contribution >= 4 is 6.21 Å². The van der Waals surface area contributed by atoms with Crippen LogP contribution in [-0.2, 0) is 0 Å². The van der Waals surface area contributed by atoms with Gasteiger partial charge in [0, 0.05) is 12.8 Å². The number of aliphatic imine (C=N–C) groups is 1. The van der Waals surface area contributed by atoms with E-state index in [0.717, 1.165) is 6.54 Å². The molecule has 0 amide bonds. The highest BCUT2D eigenvalue weighted by molar-refractivity contribution is 5.57. The summed E-state index contributed by atoms with van der Waals surface area (Å²) in [6, 6.07) is 0. The molecular weight excluding hydrogens is 234 g/mol. The van der Waals surface area contributed by atoms with E-state index in [2.05, 4.69) is 11.9 Å². The van der Waals surface area contributed by atoms with Crippen LogP contribution in [-0.4, -0.2) is 24.5 Å². The first-order valence-electron chi connectivity index (χ1n) is 8.51. The second-order valence-corrected chi connectivity index (χ2v) is 5.51. The Labute approximate surface area is 120 Å². The summed E-state index contributed by atoms with van der Waals surface area (Å²) in [5.74, 6) is 0. The topological polar surface area (TPSA) is 32.6 Å². The van der Waals surface area contributed by atoms with Crippen molar-refractivity contribution in [3.8, 4) is 0 Å². The van der Waals surface area contributed by atoms with E-state index in [1.54, 1.807) is 6.21 Å². The fraction of sp³-hybridized carbons (Fsp3) is 0.941. The summed E-state index contributed by atoms with van der Waals surface area (Å²) >= 11 is 0. The number of unbranched alkanes of at least 4 members (excludes halogenated alkanes) is 12. The lowest BCUT2D eigenvalue weighted by molar-refractivity contribution is 0.361. The van der Waals surface area contributed by atoms with Crippen LogP contribution in [0.2, 0.25) is 0 Å². The van der Waals surface area contributed by atoms with Crippen molar-refractivity contribution in [2.24, 2.45) is 4.99 Å². The number of aliphatic hydroxyl groups is 1. The van der Waals surface area contributed by atoms with E-state index in [1.165, 1.54) is 83.5 Å². The molecule has 0 bridgehead atoms. The minimum absolute atomic E-state index is 0.0818. The van der Waals surface area contributed by atoms with Crippen LogP contribution in [0.4, 0.5) is 0 Å². The van der Waals surface area contributed by atoms with E-state index in [0.29, 0.717) is 0 Å². The average molecular weight is 269 g/mol. The lowest BCUT2D eigenvalue weighted by atomic mass is 10.0. The lowest BCUT2D eigenvalue weighted by Crippen LogP contribution is -1.87. The molecule has 0 aromatic heterocycles. The number of hydrogen-bond acceptors (Lipinski definition) is 2. The summed E-state index contributed by atoms with van der Waals surface area (Å²) < 4.78 is 0. The smallest absolute Gasteiger partial charge is 0.0779 e. The SMILES string of the molecule is CCCCCCCCCCCCCCCN=CCO. The molecule has 0 aliphatic heterocycles. The fourth-order valence-electron chi connectivity index (χ4n) is 2.37. The minimum Gasteiger partial charge on any atom is -0.391 e. The van der Waals surface area contributed by atoms with Crippen molar-refractivity contribution in [2.45, 2.75) is 90.4 Å². The molecule has 0 saturated heterocycles. The number of hydrogen-bond donors (Lipinski definition) is 1. The zero-order valence-corrected chi connectivity index (χ0v) is 13.1. The van der Waals surface area contributed by atoms with Crippen LogP contribution in [0.15, 0.2) is 4.99 Å². The fourth-order valence-corrected chi connectivity index (χ4v) is 2.37. The Morgan fingerprint density at radius 2 is 1.11 bits per heavy atom. The normalized spacial score (nSPS) is 11.5. The molecule has 2 nitrogen and oxygen atoms in total. The van der Waals surface area contributed by atoms with Gasteiger partial charge in [0.25, 0.3) is 0 Å². The van der Waals surface area contributed by atoms with Crippen LogP contribution in [0, 0.1) is 0 Å². The molecule has 0 aromatic carbocycles. The van der Waals surface area contributed by atoms with Crippen LogP contribution in [0.1, 0.15) is 90.4 Å². The van der Waals surface area contributed by atoms with Crippen molar-refractivity contribution < 1.29 is 5.11 Å². The van der Waals surface area contributed by atoms with E-state index < -0.39 is 0 Å². The van der Waals surface area contributed by atoms with Crippen molar-refractivity contribution in [3.63, 3.8) is 0 Å². The first-order valence-corrected chi connectivity index (χ1v) is 8.51. The molecule has 114 valence electrons. The molecule has 0 aliphatic rings. The van der Waals surface area contributed by atoms with Crippen molar-refractivity contribution in [1.82, 2.24) is 0 Å². The molecule has 0 spiro atoms. The molecule has 0 aromatic rings. The Morgan fingerprint density at radius 3 is 1.53 bits per heavy atom. The van der Waals surface area contributed by atoms with Gasteiger partial charge in [0.2, 0.25) is 0 Å². The Morgan fingerprint density at radius 1 is 0.684 bits per heavy atom. The van der Waals surface area contributed by atoms with Gasteiger partial charge < -0.3 is 5.11 Å². The van der Waals surface area contributed by atoms with Gasteiger partial charge in [-0.25, -0.2) is 0 Å². The molecule has 0 heterocycles. The largest absolute Gasteiger partial charge is 0.391 e. The zero-order valence-electron chi connectivity index (χ0n) is 13.1. The van der Waals surface area contributed by atoms with Crippen LogP contribution in [0.3, 0.4) is 0 Å². The number of nitrogens with zero attached hydrogens (tertiary/aromatic N) is 1. The quantitative estimate of drug-likeness (QED) is 0.324. The van der Waals surface area contributed by atoms with Crippen molar-refractivity contribution in [2.75, 3.05) is 13.2 Å². The summed E-state index contributed by atoms with van der Waals surface area (Å²) in [4.78, 5) is 4.10. The molecule has 0 unspecified atom stereocenters. The van der Waals surface area contributed by atoms with Crippen LogP contribution in [0.5, 0.6) is 0 Å². The summed E-state index contributed by atoms with van der Waals surface area (Å²) in [7, 11) is 0. The van der Waals surface area contributed by atoms with Gasteiger partial charge >= 0.3 is 0 Å². The van der Waals surface area contributed by atoms with Gasteiger partial charge in [-0.15, -0.1) is 0 Å². The summed E-state index contributed by atoms with van der Waals surface area (Å²) in [5.41, 5.74) is 0. The van der Waals surface area contributed by atoms with E-state index in [4.69, 9.17) is 5.11 Å². The molecule has 0 fully saturated rings. The van der Waals surface area contributed by atoms with Gasteiger partial charge in [0.05, 0.1) is 6.61 Å². The zero-order chi connectivity index (χ0) is 14.0. The molecule has 0 radical (unpaired) electrons. The van der Waals surface area contributed by atoms with Crippen molar-refractivity contribution in [3.05, 3.63) is 0 Å². The summed E-state index contributed by atoms with van der Waals surface area (Å²) in [6.07, 6.45) is 19.6. The maximum atomic E-state index is 8.52. The Bertz CT molecular complexity index is 180. The molecule has 0 saturated carbocycles. The van der Waals surface area contributed by atoms with E-state index >= 15 is 0 Å². The van der Waals surface area contributed by atoms with Crippen LogP contribution >= 0.6 is 0 Å². The van der Waals surface area contributed by atoms with Gasteiger partial charge in [0.1, 0.15) is 0 Å². The standard InChI is InChI=1S/C17H35NO/c1-2-3-4-5-6-7-8-9-10-11-12-13-14-15-18-16-17-19/h16,19H,2-15,17H2,1H3. The second kappa shape index (κ2) is 17.6. The van der Waals surface area contributed by atoms with Crippen LogP contribution in [0.25, 0.3) is 0 Å². The highest BCUT2D eigenvalue weighted by Crippen LogP contribution is 2.12. The highest BCUT2D eigenvalue weighted by atomic mass is 16.2. The Balaban J connectivity index is 2.93. The predicted octanol–water partition coefficient (Wildman–Crippen LogP) is 5.14. The molecule has 19 heavy (non-hydrogen) atoms. The first kappa shape index (κ1) is 18.6. The van der Waals surface area contributed by atoms with Gasteiger partial charge in [0.15, 0.2) is 0 Å². The van der Waals surface area contributed by atoms with E-state index in [9.17, 15) is 0 Å². The average Bonchev–Trinajstić information content (AvgIpc) is 2.43. The molecular formula is C17H35NO. The van der Waals surface area contributed by atoms with E-state index in [-0.39, 0.29) is 6.61 Å².